The number of nitrogens with zero attached hydrogens (tertiary/aromatic N) is 1. The third-order valence-corrected chi connectivity index (χ3v) is 13.4. The Hall–Kier alpha value is -6.68. The lowest BCUT2D eigenvalue weighted by Gasteiger charge is -2.27. The van der Waals surface area contributed by atoms with Gasteiger partial charge in [0.05, 0.1) is 0 Å². The normalized spacial score (nSPS) is 13.3. The minimum absolute atomic E-state index is 0.0615. The minimum Gasteiger partial charge on any atom is -0.455 e. The van der Waals surface area contributed by atoms with Crippen LogP contribution in [0.25, 0.3) is 85.9 Å². The lowest BCUT2D eigenvalue weighted by molar-refractivity contribution is 0.660. The van der Waals surface area contributed by atoms with Gasteiger partial charge in [-0.25, -0.2) is 0 Å². The van der Waals surface area contributed by atoms with E-state index in [1.54, 1.807) is 0 Å². The summed E-state index contributed by atoms with van der Waals surface area (Å²) < 4.78 is 9.20. The lowest BCUT2D eigenvalue weighted by atomic mass is 9.82. The third-order valence-electron chi connectivity index (χ3n) is 12.3. The summed E-state index contributed by atoms with van der Waals surface area (Å²) >= 11 is 1.85. The van der Waals surface area contributed by atoms with Crippen LogP contribution < -0.4 is 4.90 Å². The van der Waals surface area contributed by atoms with Crippen LogP contribution in [0.1, 0.15) is 25.0 Å². The van der Waals surface area contributed by atoms with Gasteiger partial charge < -0.3 is 9.32 Å². The molecule has 0 fully saturated rings. The van der Waals surface area contributed by atoms with Crippen molar-refractivity contribution in [1.29, 1.82) is 0 Å². The molecule has 56 heavy (non-hydrogen) atoms. The first kappa shape index (κ1) is 31.6. The number of hydrogen-bond donors (Lipinski definition) is 0. The molecule has 1 aliphatic carbocycles. The van der Waals surface area contributed by atoms with Gasteiger partial charge in [-0.1, -0.05) is 129 Å². The van der Waals surface area contributed by atoms with E-state index in [1.165, 1.54) is 75.1 Å². The van der Waals surface area contributed by atoms with E-state index < -0.39 is 0 Å². The molecule has 2 heterocycles. The van der Waals surface area contributed by atoms with Crippen LogP contribution in [0.4, 0.5) is 17.1 Å². The second-order valence-corrected chi connectivity index (χ2v) is 16.8. The molecular formula is C53H35NOS. The van der Waals surface area contributed by atoms with Gasteiger partial charge in [0.25, 0.3) is 0 Å². The largest absolute Gasteiger partial charge is 0.455 e. The summed E-state index contributed by atoms with van der Waals surface area (Å²) in [6.45, 7) is 4.69. The van der Waals surface area contributed by atoms with E-state index in [0.29, 0.717) is 0 Å². The van der Waals surface area contributed by atoms with Crippen molar-refractivity contribution in [2.24, 2.45) is 0 Å². The van der Waals surface area contributed by atoms with Gasteiger partial charge in [-0.05, 0) is 110 Å². The SMILES string of the molecule is CC1(C)c2ccccc2-c2cc(N(c3ccc(-c4cccc5ccccc45)cc3)c3ccc4sc5ccc6oc7c8ccccc8ccc7c6c5c4c3)ccc21. The van der Waals surface area contributed by atoms with E-state index in [1.807, 2.05) is 11.3 Å². The monoisotopic (exact) mass is 733 g/mol. The first-order valence-corrected chi connectivity index (χ1v) is 20.1. The quantitative estimate of drug-likeness (QED) is 0.179. The Balaban J connectivity index is 1.08. The first-order chi connectivity index (χ1) is 27.5. The first-order valence-electron chi connectivity index (χ1n) is 19.3. The second kappa shape index (κ2) is 11.7. The highest BCUT2D eigenvalue weighted by Crippen LogP contribution is 2.51. The molecule has 2 nitrogen and oxygen atoms in total. The molecule has 2 aromatic heterocycles. The molecule has 11 aromatic rings. The molecule has 3 heteroatoms. The van der Waals surface area contributed by atoms with Gasteiger partial charge >= 0.3 is 0 Å². The maximum absolute atomic E-state index is 6.67. The highest BCUT2D eigenvalue weighted by Gasteiger charge is 2.35. The van der Waals surface area contributed by atoms with Crippen molar-refractivity contribution in [1.82, 2.24) is 0 Å². The molecular weight excluding hydrogens is 699 g/mol. The van der Waals surface area contributed by atoms with Gasteiger partial charge in [-0.15, -0.1) is 11.3 Å². The van der Waals surface area contributed by atoms with E-state index >= 15 is 0 Å². The van der Waals surface area contributed by atoms with Crippen molar-refractivity contribution in [3.63, 3.8) is 0 Å². The zero-order valence-electron chi connectivity index (χ0n) is 31.0. The molecule has 0 aliphatic heterocycles. The molecule has 0 unspecified atom stereocenters. The fourth-order valence-electron chi connectivity index (χ4n) is 9.55. The highest BCUT2D eigenvalue weighted by molar-refractivity contribution is 7.26. The fourth-order valence-corrected chi connectivity index (χ4v) is 10.6. The van der Waals surface area contributed by atoms with Crippen LogP contribution in [0.3, 0.4) is 0 Å². The molecule has 0 spiro atoms. The van der Waals surface area contributed by atoms with Crippen LogP contribution in [0.2, 0.25) is 0 Å². The standard InChI is InChI=1S/C53H35NOS/c1-53(2)45-17-8-7-15-41(45)43-30-36(23-26-46(43)53)54(35-21-18-34(19-22-35)39-16-9-12-32-10-3-5-13-38(32)39)37-24-28-48-44(31-37)51-49(56-48)29-27-47-50(51)42-25-20-33-11-4-6-14-40(33)52(42)55-47/h3-31H,1-2H3. The van der Waals surface area contributed by atoms with Crippen molar-refractivity contribution in [3.8, 4) is 22.3 Å². The van der Waals surface area contributed by atoms with Crippen molar-refractivity contribution >= 4 is 92.1 Å². The summed E-state index contributed by atoms with van der Waals surface area (Å²) in [4.78, 5) is 2.44. The maximum atomic E-state index is 6.67. The minimum atomic E-state index is -0.0615. The summed E-state index contributed by atoms with van der Waals surface area (Å²) in [5, 5.41) is 9.71. The van der Waals surface area contributed by atoms with Crippen LogP contribution in [0, 0.1) is 0 Å². The van der Waals surface area contributed by atoms with Crippen LogP contribution in [0.5, 0.6) is 0 Å². The molecule has 0 atom stereocenters. The number of rotatable bonds is 4. The summed E-state index contributed by atoms with van der Waals surface area (Å²) in [6, 6.07) is 64.7. The molecule has 0 radical (unpaired) electrons. The molecule has 1 aliphatic rings. The van der Waals surface area contributed by atoms with Crippen molar-refractivity contribution in [2.75, 3.05) is 4.90 Å². The van der Waals surface area contributed by atoms with Crippen LogP contribution in [-0.2, 0) is 5.41 Å². The topological polar surface area (TPSA) is 16.4 Å². The van der Waals surface area contributed by atoms with E-state index in [-0.39, 0.29) is 5.41 Å². The number of hydrogen-bond acceptors (Lipinski definition) is 3. The maximum Gasteiger partial charge on any atom is 0.143 e. The number of anilines is 3. The summed E-state index contributed by atoms with van der Waals surface area (Å²) in [7, 11) is 0. The molecule has 9 aromatic carbocycles. The van der Waals surface area contributed by atoms with Gasteiger partial charge in [-0.3, -0.25) is 0 Å². The Morgan fingerprint density at radius 3 is 1.98 bits per heavy atom. The van der Waals surface area contributed by atoms with Crippen molar-refractivity contribution < 1.29 is 4.42 Å². The van der Waals surface area contributed by atoms with Gasteiger partial charge in [0.1, 0.15) is 11.2 Å². The van der Waals surface area contributed by atoms with Crippen molar-refractivity contribution in [3.05, 3.63) is 187 Å². The predicted molar refractivity (Wildman–Crippen MR) is 239 cm³/mol. The Bertz CT molecular complexity index is 3400. The zero-order chi connectivity index (χ0) is 37.1. The molecule has 0 bridgehead atoms. The van der Waals surface area contributed by atoms with Crippen LogP contribution in [0.15, 0.2) is 180 Å². The van der Waals surface area contributed by atoms with Gasteiger partial charge in [0, 0.05) is 58.8 Å². The number of benzene rings is 9. The predicted octanol–water partition coefficient (Wildman–Crippen LogP) is 15.7. The molecule has 12 rings (SSSR count). The molecule has 264 valence electrons. The number of furan rings is 1. The van der Waals surface area contributed by atoms with E-state index in [0.717, 1.165) is 39.0 Å². The summed E-state index contributed by atoms with van der Waals surface area (Å²) in [6.07, 6.45) is 0. The van der Waals surface area contributed by atoms with Gasteiger partial charge in [-0.2, -0.15) is 0 Å². The number of fused-ring (bicyclic) bond motifs is 13. The highest BCUT2D eigenvalue weighted by atomic mass is 32.1. The van der Waals surface area contributed by atoms with Crippen molar-refractivity contribution in [2.45, 2.75) is 19.3 Å². The Kier molecular flexibility index (Phi) is 6.59. The zero-order valence-corrected chi connectivity index (χ0v) is 31.8. The molecule has 0 amide bonds. The lowest BCUT2D eigenvalue weighted by Crippen LogP contribution is -2.15. The van der Waals surface area contributed by atoms with E-state index in [4.69, 9.17) is 4.42 Å². The van der Waals surface area contributed by atoms with Gasteiger partial charge in [0.2, 0.25) is 0 Å². The smallest absolute Gasteiger partial charge is 0.143 e. The van der Waals surface area contributed by atoms with Crippen LogP contribution in [-0.4, -0.2) is 0 Å². The van der Waals surface area contributed by atoms with E-state index in [9.17, 15) is 0 Å². The average molecular weight is 734 g/mol. The van der Waals surface area contributed by atoms with Gasteiger partial charge in [0.15, 0.2) is 0 Å². The molecule has 0 N–H and O–H groups in total. The fraction of sp³-hybridized carbons (Fsp3) is 0.0566. The molecule has 0 saturated carbocycles. The second-order valence-electron chi connectivity index (χ2n) is 15.7. The summed E-state index contributed by atoms with van der Waals surface area (Å²) in [5.74, 6) is 0. The number of thiophene rings is 1. The Morgan fingerprint density at radius 1 is 0.446 bits per heavy atom. The Labute approximate surface area is 328 Å². The average Bonchev–Trinajstić information content (AvgIpc) is 3.88. The summed E-state index contributed by atoms with van der Waals surface area (Å²) in [5.41, 5.74) is 13.0. The third kappa shape index (κ3) is 4.49. The van der Waals surface area contributed by atoms with E-state index in [2.05, 4.69) is 195 Å². The van der Waals surface area contributed by atoms with Crippen LogP contribution >= 0.6 is 11.3 Å². The molecule has 0 saturated heterocycles. The Morgan fingerprint density at radius 2 is 1.11 bits per heavy atom.